The van der Waals surface area contributed by atoms with Crippen molar-refractivity contribution >= 4 is 44.1 Å². The van der Waals surface area contributed by atoms with Crippen LogP contribution in [0.2, 0.25) is 0 Å². The molecule has 1 unspecified atom stereocenters. The number of hydrogen-bond acceptors (Lipinski definition) is 4. The molecule has 2 N–H and O–H groups in total. The maximum absolute atomic E-state index is 13.3. The first kappa shape index (κ1) is 23.9. The monoisotopic (exact) mass is 514 g/mol. The molecule has 3 aromatic rings. The highest BCUT2D eigenvalue weighted by atomic mass is 79.9. The molecule has 1 aliphatic carbocycles. The molecule has 3 aliphatic rings. The van der Waals surface area contributed by atoms with Gasteiger partial charge in [-0.3, -0.25) is 29.5 Å². The highest BCUT2D eigenvalue weighted by Gasteiger charge is 2.51. The molecule has 0 radical (unpaired) electrons. The van der Waals surface area contributed by atoms with E-state index in [2.05, 4.69) is 40.1 Å². The molecule has 1 aromatic carbocycles. The van der Waals surface area contributed by atoms with Crippen molar-refractivity contribution in [3.05, 3.63) is 49.0 Å². The Morgan fingerprint density at radius 3 is 2.24 bits per heavy atom. The quantitative estimate of drug-likeness (QED) is 0.269. The first-order valence-electron chi connectivity index (χ1n) is 12.2. The minimum absolute atomic E-state index is 0.314. The molecule has 0 fully saturated rings. The minimum Gasteiger partial charge on any atom is -0.291 e. The SMILES string of the molecule is CCCCCCC1=C2C(=O)NC(=O)C(Br)(C1)c1c2c2c(CCCCCC)cc1c(=O)[nH]c2=O. The molecule has 1 atom stereocenters. The van der Waals surface area contributed by atoms with Crippen LogP contribution in [0.1, 0.15) is 94.7 Å². The average Bonchev–Trinajstić information content (AvgIpc) is 3.04. The first-order chi connectivity index (χ1) is 15.8. The molecule has 7 heteroatoms. The van der Waals surface area contributed by atoms with Gasteiger partial charge in [0.25, 0.3) is 17.0 Å². The van der Waals surface area contributed by atoms with E-state index in [0.29, 0.717) is 46.7 Å². The highest BCUT2D eigenvalue weighted by Crippen LogP contribution is 2.53. The van der Waals surface area contributed by atoms with E-state index in [4.69, 9.17) is 0 Å². The lowest BCUT2D eigenvalue weighted by Gasteiger charge is -2.32. The summed E-state index contributed by atoms with van der Waals surface area (Å²) in [5.41, 5.74) is 2.04. The molecule has 6 nitrogen and oxygen atoms in total. The fourth-order valence-corrected chi connectivity index (χ4v) is 6.22. The predicted molar refractivity (Wildman–Crippen MR) is 134 cm³/mol. The Balaban J connectivity index is 1.97. The number of rotatable bonds is 10. The molecule has 0 saturated carbocycles. The maximum atomic E-state index is 13.3. The molecule has 6 rings (SSSR count). The fourth-order valence-electron chi connectivity index (χ4n) is 5.37. The van der Waals surface area contributed by atoms with Crippen LogP contribution < -0.4 is 16.4 Å². The van der Waals surface area contributed by atoms with Crippen molar-refractivity contribution < 1.29 is 9.59 Å². The third kappa shape index (κ3) is 4.09. The molecule has 4 bridgehead atoms. The van der Waals surface area contributed by atoms with Gasteiger partial charge in [0.1, 0.15) is 4.32 Å². The van der Waals surface area contributed by atoms with Crippen LogP contribution in [0.25, 0.3) is 16.3 Å². The number of benzene rings is 1. The molecule has 176 valence electrons. The van der Waals surface area contributed by atoms with Crippen molar-refractivity contribution in [1.29, 1.82) is 0 Å². The van der Waals surface area contributed by atoms with Gasteiger partial charge in [-0.25, -0.2) is 0 Å². The van der Waals surface area contributed by atoms with Gasteiger partial charge in [-0.2, -0.15) is 0 Å². The lowest BCUT2D eigenvalue weighted by atomic mass is 9.74. The number of amides is 2. The Bertz CT molecular complexity index is 1250. The van der Waals surface area contributed by atoms with E-state index >= 15 is 0 Å². The highest BCUT2D eigenvalue weighted by molar-refractivity contribution is 9.10. The van der Waals surface area contributed by atoms with Crippen molar-refractivity contribution in [1.82, 2.24) is 10.3 Å². The Labute approximate surface area is 201 Å². The number of halogens is 1. The summed E-state index contributed by atoms with van der Waals surface area (Å²) in [6.07, 6.45) is 9.97. The zero-order valence-electron chi connectivity index (χ0n) is 19.4. The third-order valence-corrected chi connectivity index (χ3v) is 8.05. The van der Waals surface area contributed by atoms with Gasteiger partial charge in [-0.1, -0.05) is 73.9 Å². The van der Waals surface area contributed by atoms with Gasteiger partial charge in [0.2, 0.25) is 5.91 Å². The summed E-state index contributed by atoms with van der Waals surface area (Å²) in [5, 5.41) is 3.20. The minimum atomic E-state index is -1.25. The molecule has 2 amide bonds. The van der Waals surface area contributed by atoms with E-state index in [1.54, 1.807) is 6.07 Å². The number of unbranched alkanes of at least 4 members (excludes halogenated alkanes) is 6. The summed E-state index contributed by atoms with van der Waals surface area (Å²) < 4.78 is -1.25. The molecule has 0 saturated heterocycles. The van der Waals surface area contributed by atoms with E-state index < -0.39 is 27.3 Å². The average molecular weight is 515 g/mol. The maximum Gasteiger partial charge on any atom is 0.259 e. The number of carbonyl (C=O) groups excluding carboxylic acids is 2. The second kappa shape index (κ2) is 9.53. The summed E-state index contributed by atoms with van der Waals surface area (Å²) >= 11 is 3.65. The summed E-state index contributed by atoms with van der Waals surface area (Å²) in [4.78, 5) is 55.1. The van der Waals surface area contributed by atoms with Crippen molar-refractivity contribution in [2.75, 3.05) is 0 Å². The molecule has 4 heterocycles. The third-order valence-electron chi connectivity index (χ3n) is 7.01. The largest absolute Gasteiger partial charge is 0.291 e. The van der Waals surface area contributed by atoms with Crippen LogP contribution in [0.5, 0.6) is 0 Å². The van der Waals surface area contributed by atoms with E-state index in [9.17, 15) is 19.2 Å². The van der Waals surface area contributed by atoms with Crippen LogP contribution in [0.15, 0.2) is 21.2 Å². The summed E-state index contributed by atoms with van der Waals surface area (Å²) in [6.45, 7) is 4.29. The zero-order chi connectivity index (χ0) is 23.8. The van der Waals surface area contributed by atoms with Crippen LogP contribution in [-0.2, 0) is 20.3 Å². The standard InChI is InChI=1S/C26H31BrN2O4/c1-3-5-7-9-11-15-13-17-21-20(18(15)23(31)28-22(17)30)19-16(12-10-8-6-4-2)14-26(21,27)25(33)29-24(19)32/h13H,3-12,14H2,1-2H3,(H,28,30,31)(H,29,32,33). The lowest BCUT2D eigenvalue weighted by Crippen LogP contribution is -2.40. The number of allylic oxidation sites excluding steroid dienone is 1. The van der Waals surface area contributed by atoms with E-state index in [-0.39, 0.29) is 0 Å². The van der Waals surface area contributed by atoms with Crippen LogP contribution in [0.4, 0.5) is 0 Å². The number of imide groups is 1. The van der Waals surface area contributed by atoms with E-state index in [1.807, 2.05) is 0 Å². The fraction of sp³-hybridized carbons (Fsp3) is 0.538. The van der Waals surface area contributed by atoms with Gasteiger partial charge in [0, 0.05) is 22.1 Å². The first-order valence-corrected chi connectivity index (χ1v) is 13.0. The van der Waals surface area contributed by atoms with Gasteiger partial charge in [-0.05, 0) is 43.7 Å². The Morgan fingerprint density at radius 2 is 1.58 bits per heavy atom. The molecule has 2 aromatic heterocycles. The Morgan fingerprint density at radius 1 is 0.909 bits per heavy atom. The van der Waals surface area contributed by atoms with Gasteiger partial charge >= 0.3 is 0 Å². The van der Waals surface area contributed by atoms with Crippen molar-refractivity contribution in [2.45, 2.75) is 88.8 Å². The molecule has 33 heavy (non-hydrogen) atoms. The normalized spacial score (nSPS) is 19.8. The van der Waals surface area contributed by atoms with Crippen LogP contribution in [0.3, 0.4) is 0 Å². The number of alkyl halides is 1. The number of aromatic nitrogens is 1. The number of fused-ring (bicyclic) bond motifs is 6. The van der Waals surface area contributed by atoms with Crippen molar-refractivity contribution in [3.63, 3.8) is 0 Å². The summed E-state index contributed by atoms with van der Waals surface area (Å²) in [7, 11) is 0. The van der Waals surface area contributed by atoms with Crippen molar-refractivity contribution in [2.24, 2.45) is 0 Å². The van der Waals surface area contributed by atoms with Gasteiger partial charge in [-0.15, -0.1) is 0 Å². The predicted octanol–water partition coefficient (Wildman–Crippen LogP) is 4.82. The number of aryl methyl sites for hydroxylation is 1. The summed E-state index contributed by atoms with van der Waals surface area (Å²) in [5.74, 6) is -0.944. The Hall–Kier alpha value is -2.28. The second-order valence-electron chi connectivity index (χ2n) is 9.35. The number of H-pyrrole nitrogens is 1. The van der Waals surface area contributed by atoms with Crippen molar-refractivity contribution in [3.8, 4) is 0 Å². The van der Waals surface area contributed by atoms with E-state index in [1.165, 1.54) is 0 Å². The van der Waals surface area contributed by atoms with Crippen LogP contribution in [0, 0.1) is 0 Å². The van der Waals surface area contributed by atoms with Crippen LogP contribution in [-0.4, -0.2) is 16.8 Å². The topological polar surface area (TPSA) is 96.1 Å². The van der Waals surface area contributed by atoms with Gasteiger partial charge in [0.15, 0.2) is 0 Å². The number of nitrogens with one attached hydrogen (secondary N) is 2. The molecular formula is C26H31BrN2O4. The molecular weight excluding hydrogens is 484 g/mol. The number of carbonyl (C=O) groups is 2. The van der Waals surface area contributed by atoms with Crippen LogP contribution >= 0.6 is 15.9 Å². The smallest absolute Gasteiger partial charge is 0.259 e. The van der Waals surface area contributed by atoms with E-state index in [0.717, 1.165) is 62.5 Å². The Kier molecular flexibility index (Phi) is 6.89. The summed E-state index contributed by atoms with van der Waals surface area (Å²) in [6, 6.07) is 1.77. The molecule has 0 spiro atoms. The molecule has 2 aliphatic heterocycles. The van der Waals surface area contributed by atoms with Gasteiger partial charge in [0.05, 0.1) is 5.39 Å². The lowest BCUT2D eigenvalue weighted by molar-refractivity contribution is -0.128. The number of aromatic amines is 1. The zero-order valence-corrected chi connectivity index (χ0v) is 21.0. The second-order valence-corrected chi connectivity index (χ2v) is 10.7. The van der Waals surface area contributed by atoms with Gasteiger partial charge < -0.3 is 0 Å². The number of hydrogen-bond donors (Lipinski definition) is 2.